The second-order valence-electron chi connectivity index (χ2n) is 5.15. The smallest absolute Gasteiger partial charge is 0.163 e. The van der Waals surface area contributed by atoms with Gasteiger partial charge in [0.2, 0.25) is 0 Å². The summed E-state index contributed by atoms with van der Waals surface area (Å²) < 4.78 is 0. The molecular weight excluding hydrogens is 188 g/mol. The van der Waals surface area contributed by atoms with Crippen molar-refractivity contribution in [1.82, 2.24) is 0 Å². The summed E-state index contributed by atoms with van der Waals surface area (Å²) in [6.45, 7) is 7.81. The van der Waals surface area contributed by atoms with Crippen molar-refractivity contribution in [3.63, 3.8) is 0 Å². The van der Waals surface area contributed by atoms with Gasteiger partial charge in [-0.3, -0.25) is 4.79 Å². The largest absolute Gasteiger partial charge is 0.512 e. The third kappa shape index (κ3) is 2.71. The number of hydrogen-bond acceptors (Lipinski definition) is 2. The molecule has 0 radical (unpaired) electrons. The zero-order valence-electron chi connectivity index (χ0n) is 9.95. The molecule has 0 saturated heterocycles. The van der Waals surface area contributed by atoms with Gasteiger partial charge in [0, 0.05) is 12.0 Å². The first kappa shape index (κ1) is 12.0. The quantitative estimate of drug-likeness (QED) is 0.429. The molecule has 2 heteroatoms. The second-order valence-corrected chi connectivity index (χ2v) is 5.15. The van der Waals surface area contributed by atoms with Crippen LogP contribution in [0.2, 0.25) is 0 Å². The maximum absolute atomic E-state index is 12.0. The van der Waals surface area contributed by atoms with Gasteiger partial charge in [0.05, 0.1) is 5.76 Å². The Kier molecular flexibility index (Phi) is 3.38. The van der Waals surface area contributed by atoms with E-state index in [1.165, 1.54) is 13.0 Å². The van der Waals surface area contributed by atoms with Gasteiger partial charge in [-0.05, 0) is 24.7 Å². The minimum atomic E-state index is -0.0235. The fourth-order valence-electron chi connectivity index (χ4n) is 2.48. The summed E-state index contributed by atoms with van der Waals surface area (Å²) in [7, 11) is 0. The number of ketones is 1. The highest BCUT2D eigenvalue weighted by Gasteiger charge is 2.38. The lowest BCUT2D eigenvalue weighted by molar-refractivity contribution is -0.123. The maximum atomic E-state index is 12.0. The molecule has 84 valence electrons. The molecule has 2 nitrogen and oxygen atoms in total. The van der Waals surface area contributed by atoms with Gasteiger partial charge in [0.1, 0.15) is 0 Å². The van der Waals surface area contributed by atoms with E-state index >= 15 is 0 Å². The van der Waals surface area contributed by atoms with Gasteiger partial charge in [-0.2, -0.15) is 0 Å². The summed E-state index contributed by atoms with van der Waals surface area (Å²) in [5.41, 5.74) is -0.0167. The van der Waals surface area contributed by atoms with Crippen molar-refractivity contribution in [1.29, 1.82) is 0 Å². The molecule has 1 aliphatic carbocycles. The van der Waals surface area contributed by atoms with Crippen molar-refractivity contribution in [3.05, 3.63) is 24.0 Å². The lowest BCUT2D eigenvalue weighted by atomic mass is 9.65. The van der Waals surface area contributed by atoms with Crippen LogP contribution in [0.25, 0.3) is 0 Å². The first-order chi connectivity index (χ1) is 6.84. The molecule has 0 saturated carbocycles. The molecule has 0 bridgehead atoms. The van der Waals surface area contributed by atoms with Crippen LogP contribution in [0.5, 0.6) is 0 Å². The van der Waals surface area contributed by atoms with E-state index in [2.05, 4.69) is 32.9 Å². The monoisotopic (exact) mass is 208 g/mol. The summed E-state index contributed by atoms with van der Waals surface area (Å²) in [4.78, 5) is 12.0. The third-order valence-corrected chi connectivity index (χ3v) is 3.11. The molecule has 0 aromatic rings. The van der Waals surface area contributed by atoms with Crippen LogP contribution in [-0.2, 0) is 4.79 Å². The molecule has 1 aliphatic rings. The number of allylic oxidation sites excluding steroid dienone is 4. The van der Waals surface area contributed by atoms with Crippen LogP contribution < -0.4 is 0 Å². The van der Waals surface area contributed by atoms with Crippen LogP contribution in [-0.4, -0.2) is 10.9 Å². The van der Waals surface area contributed by atoms with Gasteiger partial charge in [-0.1, -0.05) is 32.9 Å². The fraction of sp³-hybridized carbons (Fsp3) is 0.615. The molecule has 0 fully saturated rings. The van der Waals surface area contributed by atoms with Gasteiger partial charge in [-0.15, -0.1) is 0 Å². The standard InChI is InChI=1S/C13H20O2/c1-9-6-5-7-13(3,4)12(9)11(15)8-10(2)14/h5-6,8-9,12,14H,7H2,1-4H3. The van der Waals surface area contributed by atoms with Gasteiger partial charge in [0.25, 0.3) is 0 Å². The summed E-state index contributed by atoms with van der Waals surface area (Å²) in [6, 6.07) is 0. The minimum absolute atomic E-state index is 0.0167. The highest BCUT2D eigenvalue weighted by atomic mass is 16.3. The predicted octanol–water partition coefficient (Wildman–Crippen LogP) is 3.26. The molecule has 0 aromatic carbocycles. The van der Waals surface area contributed by atoms with Crippen molar-refractivity contribution >= 4 is 5.78 Å². The number of rotatable bonds is 2. The van der Waals surface area contributed by atoms with Crippen molar-refractivity contribution in [2.24, 2.45) is 17.3 Å². The second kappa shape index (κ2) is 4.21. The average molecular weight is 208 g/mol. The average Bonchev–Trinajstić information content (AvgIpc) is 1.99. The molecule has 0 amide bonds. The Morgan fingerprint density at radius 2 is 2.13 bits per heavy atom. The van der Waals surface area contributed by atoms with Crippen LogP contribution in [0.3, 0.4) is 0 Å². The number of aliphatic hydroxyl groups is 1. The third-order valence-electron chi connectivity index (χ3n) is 3.11. The van der Waals surface area contributed by atoms with E-state index < -0.39 is 0 Å². The maximum Gasteiger partial charge on any atom is 0.163 e. The zero-order chi connectivity index (χ0) is 11.6. The summed E-state index contributed by atoms with van der Waals surface area (Å²) >= 11 is 0. The zero-order valence-corrected chi connectivity index (χ0v) is 9.95. The van der Waals surface area contributed by atoms with E-state index in [0.29, 0.717) is 0 Å². The molecule has 2 atom stereocenters. The van der Waals surface area contributed by atoms with Gasteiger partial charge in [0.15, 0.2) is 5.78 Å². The van der Waals surface area contributed by atoms with Crippen molar-refractivity contribution in [2.45, 2.75) is 34.1 Å². The molecule has 0 aliphatic heterocycles. The van der Waals surface area contributed by atoms with Crippen molar-refractivity contribution in [3.8, 4) is 0 Å². The highest BCUT2D eigenvalue weighted by Crippen LogP contribution is 2.41. The molecule has 0 spiro atoms. The molecule has 0 heterocycles. The molecule has 1 rings (SSSR count). The van der Waals surface area contributed by atoms with E-state index in [9.17, 15) is 4.79 Å². The van der Waals surface area contributed by atoms with E-state index in [-0.39, 0.29) is 28.8 Å². The van der Waals surface area contributed by atoms with E-state index in [1.54, 1.807) is 0 Å². The van der Waals surface area contributed by atoms with Gasteiger partial charge >= 0.3 is 0 Å². The summed E-state index contributed by atoms with van der Waals surface area (Å²) in [5, 5.41) is 9.13. The molecule has 15 heavy (non-hydrogen) atoms. The molecular formula is C13H20O2. The SMILES string of the molecule is CC(O)=CC(=O)C1C(C)C=CCC1(C)C. The van der Waals surface area contributed by atoms with E-state index in [1.807, 2.05) is 0 Å². The van der Waals surface area contributed by atoms with E-state index in [0.717, 1.165) is 6.42 Å². The van der Waals surface area contributed by atoms with Crippen molar-refractivity contribution in [2.75, 3.05) is 0 Å². The minimum Gasteiger partial charge on any atom is -0.512 e. The Hall–Kier alpha value is -1.05. The van der Waals surface area contributed by atoms with Crippen LogP contribution >= 0.6 is 0 Å². The predicted molar refractivity (Wildman–Crippen MR) is 61.6 cm³/mol. The summed E-state index contributed by atoms with van der Waals surface area (Å²) in [5.74, 6) is 0.357. The number of carbonyl (C=O) groups is 1. The highest BCUT2D eigenvalue weighted by molar-refractivity contribution is 5.93. The molecule has 1 N–H and O–H groups in total. The number of carbonyl (C=O) groups excluding carboxylic acids is 1. The Bertz CT molecular complexity index is 306. The van der Waals surface area contributed by atoms with Crippen LogP contribution in [0.4, 0.5) is 0 Å². The Morgan fingerprint density at radius 1 is 1.53 bits per heavy atom. The first-order valence-electron chi connectivity index (χ1n) is 5.42. The Morgan fingerprint density at radius 3 is 2.60 bits per heavy atom. The summed E-state index contributed by atoms with van der Waals surface area (Å²) in [6.07, 6.45) is 6.51. The topological polar surface area (TPSA) is 37.3 Å². The lowest BCUT2D eigenvalue weighted by Crippen LogP contribution is -2.36. The van der Waals surface area contributed by atoms with Crippen LogP contribution in [0, 0.1) is 17.3 Å². The van der Waals surface area contributed by atoms with E-state index in [4.69, 9.17) is 5.11 Å². The molecule has 2 unspecified atom stereocenters. The van der Waals surface area contributed by atoms with Crippen LogP contribution in [0.15, 0.2) is 24.0 Å². The first-order valence-corrected chi connectivity index (χ1v) is 5.42. The fourth-order valence-corrected chi connectivity index (χ4v) is 2.48. The van der Waals surface area contributed by atoms with Gasteiger partial charge in [-0.25, -0.2) is 0 Å². The van der Waals surface area contributed by atoms with Crippen LogP contribution in [0.1, 0.15) is 34.1 Å². The van der Waals surface area contributed by atoms with Gasteiger partial charge < -0.3 is 5.11 Å². The van der Waals surface area contributed by atoms with Crippen molar-refractivity contribution < 1.29 is 9.90 Å². The number of aliphatic hydroxyl groups excluding tert-OH is 1. The Labute approximate surface area is 91.7 Å². The normalized spacial score (nSPS) is 30.3. The molecule has 0 aromatic heterocycles. The Balaban J connectivity index is 2.96. The lowest BCUT2D eigenvalue weighted by Gasteiger charge is -2.38. The number of hydrogen-bond donors (Lipinski definition) is 1.